The summed E-state index contributed by atoms with van der Waals surface area (Å²) in [5.41, 5.74) is 0. The summed E-state index contributed by atoms with van der Waals surface area (Å²) < 4.78 is 18.4. The van der Waals surface area contributed by atoms with E-state index in [0.717, 1.165) is 38.5 Å². The minimum absolute atomic E-state index is 0.0941. The van der Waals surface area contributed by atoms with E-state index in [1.807, 2.05) is 4.90 Å². The van der Waals surface area contributed by atoms with Crippen LogP contribution in [0.4, 0.5) is 0 Å². The molecule has 2 rings (SSSR count). The van der Waals surface area contributed by atoms with Crippen LogP contribution in [0, 0.1) is 0 Å². The molecule has 159 valence electrons. The first-order chi connectivity index (χ1) is 13.2. The first-order valence-electron chi connectivity index (χ1n) is 10.6. The van der Waals surface area contributed by atoms with Gasteiger partial charge in [-0.1, -0.05) is 27.1 Å². The summed E-state index contributed by atoms with van der Waals surface area (Å²) in [4.78, 5) is 25.1. The maximum absolute atomic E-state index is 12.7. The summed E-state index contributed by atoms with van der Waals surface area (Å²) in [5, 5.41) is 0.113. The predicted molar refractivity (Wildman–Crippen MR) is 114 cm³/mol. The summed E-state index contributed by atoms with van der Waals surface area (Å²) in [6, 6.07) is -0.0941. The molecule has 0 spiro atoms. The van der Waals surface area contributed by atoms with Gasteiger partial charge in [-0.05, 0) is 43.8 Å². The van der Waals surface area contributed by atoms with Crippen LogP contribution in [0.25, 0.3) is 0 Å². The molecule has 0 bridgehead atoms. The Bertz CT molecular complexity index is 519. The topological polar surface area (TPSA) is 65.1 Å². The molecule has 8 heteroatoms. The van der Waals surface area contributed by atoms with E-state index in [2.05, 4.69) is 33.9 Å². The zero-order valence-electron chi connectivity index (χ0n) is 18.2. The summed E-state index contributed by atoms with van der Waals surface area (Å²) in [5.74, 6) is 0.107. The van der Waals surface area contributed by atoms with Crippen LogP contribution in [0.2, 0.25) is 24.5 Å². The molecular formula is C20H37BNO5Si. The lowest BCUT2D eigenvalue weighted by atomic mass is 9.76. The third-order valence-corrected chi connectivity index (χ3v) is 10.8. The van der Waals surface area contributed by atoms with Crippen LogP contribution in [0.5, 0.6) is 0 Å². The minimum atomic E-state index is -1.93. The molecule has 2 aliphatic rings. The van der Waals surface area contributed by atoms with Crippen LogP contribution >= 0.6 is 0 Å². The Hall–Kier alpha value is -0.698. The van der Waals surface area contributed by atoms with E-state index in [4.69, 9.17) is 13.9 Å². The summed E-state index contributed by atoms with van der Waals surface area (Å²) in [6.07, 6.45) is 5.28. The van der Waals surface area contributed by atoms with Gasteiger partial charge in [-0.3, -0.25) is 4.79 Å². The van der Waals surface area contributed by atoms with Crippen LogP contribution in [-0.2, 0) is 23.5 Å². The number of hydrogen-bond acceptors (Lipinski definition) is 5. The Labute approximate surface area is 172 Å². The average molecular weight is 410 g/mol. The maximum Gasteiger partial charge on any atom is 0.225 e. The van der Waals surface area contributed by atoms with Crippen LogP contribution in [0.3, 0.4) is 0 Å². The van der Waals surface area contributed by atoms with E-state index in [1.54, 1.807) is 7.28 Å². The second-order valence-corrected chi connectivity index (χ2v) is 14.2. The van der Waals surface area contributed by atoms with Crippen LogP contribution in [0.1, 0.15) is 52.9 Å². The van der Waals surface area contributed by atoms with Crippen molar-refractivity contribution in [2.24, 2.45) is 0 Å². The summed E-state index contributed by atoms with van der Waals surface area (Å²) >= 11 is 0. The van der Waals surface area contributed by atoms with Gasteiger partial charge in [0.1, 0.15) is 0 Å². The molecule has 2 aliphatic heterocycles. The lowest BCUT2D eigenvalue weighted by Gasteiger charge is -2.39. The van der Waals surface area contributed by atoms with Crippen molar-refractivity contribution in [1.29, 1.82) is 0 Å². The van der Waals surface area contributed by atoms with Crippen molar-refractivity contribution in [1.82, 2.24) is 4.90 Å². The average Bonchev–Trinajstić information content (AvgIpc) is 2.91. The molecule has 2 heterocycles. The van der Waals surface area contributed by atoms with Gasteiger partial charge in [0.25, 0.3) is 0 Å². The maximum atomic E-state index is 12.7. The van der Waals surface area contributed by atoms with Crippen molar-refractivity contribution in [2.75, 3.05) is 19.8 Å². The molecular weight excluding hydrogens is 373 g/mol. The molecule has 1 amide bonds. The van der Waals surface area contributed by atoms with E-state index >= 15 is 0 Å². The van der Waals surface area contributed by atoms with Crippen LogP contribution < -0.4 is 0 Å². The number of rotatable bonds is 10. The first-order valence-corrected chi connectivity index (χ1v) is 13.5. The zero-order chi connectivity index (χ0) is 20.8. The van der Waals surface area contributed by atoms with Gasteiger partial charge < -0.3 is 23.6 Å². The molecule has 0 aromatic carbocycles. The van der Waals surface area contributed by atoms with E-state index < -0.39 is 8.32 Å². The van der Waals surface area contributed by atoms with Gasteiger partial charge in [0.15, 0.2) is 21.9 Å². The Morgan fingerprint density at radius 1 is 1.32 bits per heavy atom. The quantitative estimate of drug-likeness (QED) is 0.314. The monoisotopic (exact) mass is 410 g/mol. The second kappa shape index (κ2) is 10.4. The molecule has 3 atom stereocenters. The van der Waals surface area contributed by atoms with E-state index in [-0.39, 0.29) is 29.4 Å². The van der Waals surface area contributed by atoms with Gasteiger partial charge >= 0.3 is 0 Å². The molecule has 1 unspecified atom stereocenters. The van der Waals surface area contributed by atoms with Gasteiger partial charge in [0.2, 0.25) is 5.91 Å². The molecule has 6 nitrogen and oxygen atoms in total. The highest BCUT2D eigenvalue weighted by molar-refractivity contribution is 6.74. The van der Waals surface area contributed by atoms with Crippen molar-refractivity contribution in [2.45, 2.75) is 95.8 Å². The van der Waals surface area contributed by atoms with Gasteiger partial charge in [0, 0.05) is 13.2 Å². The van der Waals surface area contributed by atoms with Crippen LogP contribution in [0.15, 0.2) is 0 Å². The van der Waals surface area contributed by atoms with E-state index in [0.29, 0.717) is 25.9 Å². The number of ether oxygens (including phenoxy) is 2. The van der Waals surface area contributed by atoms with Gasteiger partial charge in [0.05, 0.1) is 31.4 Å². The molecule has 28 heavy (non-hydrogen) atoms. The highest BCUT2D eigenvalue weighted by Gasteiger charge is 2.44. The molecule has 0 saturated carbocycles. The van der Waals surface area contributed by atoms with Gasteiger partial charge in [-0.15, -0.1) is 0 Å². The summed E-state index contributed by atoms with van der Waals surface area (Å²) in [6.45, 7) is 13.0. The molecule has 1 radical (unpaired) electrons. The Morgan fingerprint density at radius 2 is 2.07 bits per heavy atom. The summed E-state index contributed by atoms with van der Waals surface area (Å²) in [7, 11) is -0.324. The van der Waals surface area contributed by atoms with Gasteiger partial charge in [-0.25, -0.2) is 0 Å². The number of nitrogens with zero attached hydrogens (tertiary/aromatic N) is 1. The largest absolute Gasteiger partial charge is 0.415 e. The van der Waals surface area contributed by atoms with Crippen molar-refractivity contribution in [3.8, 4) is 0 Å². The lowest BCUT2D eigenvalue weighted by Crippen LogP contribution is -2.48. The predicted octanol–water partition coefficient (Wildman–Crippen LogP) is 3.22. The Morgan fingerprint density at radius 3 is 2.68 bits per heavy atom. The fourth-order valence-corrected chi connectivity index (χ4v) is 4.43. The zero-order valence-corrected chi connectivity index (χ0v) is 19.2. The fourth-order valence-electron chi connectivity index (χ4n) is 3.41. The van der Waals surface area contributed by atoms with E-state index in [1.165, 1.54) is 0 Å². The minimum Gasteiger partial charge on any atom is -0.415 e. The molecule has 0 aliphatic carbocycles. The molecule has 0 aromatic rings. The number of amides is 1. The second-order valence-electron chi connectivity index (χ2n) is 9.41. The third-order valence-electron chi connectivity index (χ3n) is 6.28. The van der Waals surface area contributed by atoms with Crippen LogP contribution in [-0.4, -0.2) is 70.8 Å². The number of likely N-dealkylation sites (tertiary alicyclic amines) is 1. The first kappa shape index (κ1) is 23.6. The SMILES string of the molecule is CC(C)(C)[Si](C)(C)OC[C@H]1[C@H](OC2CCCCO2)CC(=O)N1CCC[B]C=O. The number of carbonyl (C=O) groups excluding carboxylic acids is 2. The normalized spacial score (nSPS) is 26.5. The van der Waals surface area contributed by atoms with Crippen molar-refractivity contribution < 1.29 is 23.5 Å². The Kier molecular flexibility index (Phi) is 8.73. The van der Waals surface area contributed by atoms with Crippen molar-refractivity contribution in [3.63, 3.8) is 0 Å². The third kappa shape index (κ3) is 6.40. The number of hydrogen-bond donors (Lipinski definition) is 0. The standard InChI is InChI=1S/C20H37BNO5Si/c1-20(2,3)28(4,5)26-14-16-17(27-19-9-6-7-12-25-19)13-18(24)22(16)11-8-10-21-15-23/h15-17,19H,6-14H2,1-5H3/t16-,17+,19?/m0/s1. The van der Waals surface area contributed by atoms with Crippen molar-refractivity contribution >= 4 is 27.7 Å². The Balaban J connectivity index is 2.04. The van der Waals surface area contributed by atoms with E-state index in [9.17, 15) is 9.59 Å². The molecule has 2 fully saturated rings. The molecule has 2 saturated heterocycles. The van der Waals surface area contributed by atoms with Crippen molar-refractivity contribution in [3.05, 3.63) is 0 Å². The fraction of sp³-hybridized carbons (Fsp3) is 0.900. The van der Waals surface area contributed by atoms with Gasteiger partial charge in [-0.2, -0.15) is 0 Å². The number of carbonyl (C=O) groups is 2. The highest BCUT2D eigenvalue weighted by atomic mass is 28.4. The highest BCUT2D eigenvalue weighted by Crippen LogP contribution is 2.37. The molecule has 0 aromatic heterocycles. The smallest absolute Gasteiger partial charge is 0.225 e. The lowest BCUT2D eigenvalue weighted by molar-refractivity contribution is -0.193. The molecule has 0 N–H and O–H groups in total.